The number of rotatable bonds is 2. The number of carbonyl (C=O) groups excluding carboxylic acids is 2. The molecule has 0 N–H and O–H groups in total. The van der Waals surface area contributed by atoms with Crippen LogP contribution in [0.15, 0.2) is 6.07 Å². The number of ether oxygens (including phenoxy) is 2. The Morgan fingerprint density at radius 1 is 1.31 bits per heavy atom. The van der Waals surface area contributed by atoms with Gasteiger partial charge in [0.25, 0.3) is 0 Å². The molecule has 13 heavy (non-hydrogen) atoms. The largest absolute Gasteiger partial charge is 0.465 e. The van der Waals surface area contributed by atoms with Gasteiger partial charge in [-0.3, -0.25) is 0 Å². The molecule has 5 heteroatoms. The van der Waals surface area contributed by atoms with Gasteiger partial charge in [0.15, 0.2) is 0 Å². The number of thiophene rings is 1. The van der Waals surface area contributed by atoms with Crippen LogP contribution in [0.2, 0.25) is 0 Å². The Kier molecular flexibility index (Phi) is 3.02. The SMILES string of the molecule is COC(=O)c1[c]sc(C(=O)OC)c1. The molecule has 0 saturated carbocycles. The van der Waals surface area contributed by atoms with E-state index in [4.69, 9.17) is 0 Å². The fraction of sp³-hybridized carbons (Fsp3) is 0.250. The van der Waals surface area contributed by atoms with Crippen molar-refractivity contribution in [2.75, 3.05) is 14.2 Å². The third-order valence-corrected chi connectivity index (χ3v) is 2.16. The highest BCUT2D eigenvalue weighted by Crippen LogP contribution is 2.15. The van der Waals surface area contributed by atoms with Crippen LogP contribution in [-0.4, -0.2) is 26.2 Å². The van der Waals surface area contributed by atoms with E-state index in [1.54, 1.807) is 0 Å². The van der Waals surface area contributed by atoms with Crippen LogP contribution in [0.25, 0.3) is 0 Å². The van der Waals surface area contributed by atoms with Gasteiger partial charge in [-0.15, -0.1) is 11.3 Å². The summed E-state index contributed by atoms with van der Waals surface area (Å²) >= 11 is 1.03. The van der Waals surface area contributed by atoms with Crippen LogP contribution in [0.4, 0.5) is 0 Å². The summed E-state index contributed by atoms with van der Waals surface area (Å²) in [5.74, 6) is -0.984. The highest BCUT2D eigenvalue weighted by Gasteiger charge is 2.13. The van der Waals surface area contributed by atoms with E-state index in [1.165, 1.54) is 20.3 Å². The second kappa shape index (κ2) is 4.04. The summed E-state index contributed by atoms with van der Waals surface area (Å²) in [6.45, 7) is 0. The lowest BCUT2D eigenvalue weighted by Crippen LogP contribution is -2.00. The van der Waals surface area contributed by atoms with Crippen molar-refractivity contribution in [2.45, 2.75) is 0 Å². The van der Waals surface area contributed by atoms with Gasteiger partial charge in [0.2, 0.25) is 0 Å². The molecule has 4 nitrogen and oxygen atoms in total. The maximum absolute atomic E-state index is 11.0. The van der Waals surface area contributed by atoms with E-state index in [9.17, 15) is 9.59 Å². The number of methoxy groups -OCH3 is 2. The molecule has 1 rings (SSSR count). The van der Waals surface area contributed by atoms with Crippen molar-refractivity contribution < 1.29 is 19.1 Å². The first kappa shape index (κ1) is 9.73. The van der Waals surface area contributed by atoms with E-state index in [1.807, 2.05) is 0 Å². The first-order chi connectivity index (χ1) is 6.19. The maximum atomic E-state index is 11.0. The molecular formula is C8H7O4S. The van der Waals surface area contributed by atoms with Crippen molar-refractivity contribution >= 4 is 23.3 Å². The van der Waals surface area contributed by atoms with Crippen molar-refractivity contribution in [3.63, 3.8) is 0 Å². The molecule has 1 aromatic rings. The quantitative estimate of drug-likeness (QED) is 0.670. The lowest BCUT2D eigenvalue weighted by Gasteiger charge is -1.92. The van der Waals surface area contributed by atoms with Crippen LogP contribution in [0.5, 0.6) is 0 Å². The minimum atomic E-state index is -0.508. The molecule has 0 aliphatic heterocycles. The third kappa shape index (κ3) is 2.06. The van der Waals surface area contributed by atoms with Crippen LogP contribution in [0, 0.1) is 5.38 Å². The van der Waals surface area contributed by atoms with E-state index < -0.39 is 11.9 Å². The molecule has 1 radical (unpaired) electrons. The number of esters is 2. The molecule has 0 bridgehead atoms. The average molecular weight is 199 g/mol. The van der Waals surface area contributed by atoms with E-state index in [0.29, 0.717) is 4.88 Å². The first-order valence-electron chi connectivity index (χ1n) is 3.37. The molecule has 0 aliphatic carbocycles. The molecular weight excluding hydrogens is 192 g/mol. The van der Waals surface area contributed by atoms with Gasteiger partial charge >= 0.3 is 11.9 Å². The molecule has 0 aromatic carbocycles. The minimum absolute atomic E-state index is 0.243. The molecule has 0 spiro atoms. The van der Waals surface area contributed by atoms with Gasteiger partial charge in [-0.05, 0) is 6.07 Å². The van der Waals surface area contributed by atoms with Gasteiger partial charge < -0.3 is 9.47 Å². The Hall–Kier alpha value is -1.36. The minimum Gasteiger partial charge on any atom is -0.465 e. The smallest absolute Gasteiger partial charge is 0.348 e. The van der Waals surface area contributed by atoms with Gasteiger partial charge in [-0.2, -0.15) is 0 Å². The molecule has 1 heterocycles. The summed E-state index contributed by atoms with van der Waals surface area (Å²) in [5.41, 5.74) is 0.243. The van der Waals surface area contributed by atoms with Gasteiger partial charge in [0.1, 0.15) is 4.88 Å². The second-order valence-electron chi connectivity index (χ2n) is 2.11. The Morgan fingerprint density at radius 2 is 1.92 bits per heavy atom. The summed E-state index contributed by atoms with van der Waals surface area (Å²) < 4.78 is 8.91. The zero-order chi connectivity index (χ0) is 9.84. The molecule has 1 aromatic heterocycles. The summed E-state index contributed by atoms with van der Waals surface area (Å²) in [6, 6.07) is 1.39. The van der Waals surface area contributed by atoms with Crippen molar-refractivity contribution in [3.8, 4) is 0 Å². The summed E-state index contributed by atoms with van der Waals surface area (Å²) in [6.07, 6.45) is 0. The number of carbonyl (C=O) groups is 2. The lowest BCUT2D eigenvalue weighted by atomic mass is 10.3. The van der Waals surface area contributed by atoms with Crippen LogP contribution in [0.3, 0.4) is 0 Å². The third-order valence-electron chi connectivity index (χ3n) is 1.34. The number of hydrogen-bond acceptors (Lipinski definition) is 5. The highest BCUT2D eigenvalue weighted by molar-refractivity contribution is 7.11. The lowest BCUT2D eigenvalue weighted by molar-refractivity contribution is 0.0601. The van der Waals surface area contributed by atoms with E-state index in [-0.39, 0.29) is 5.56 Å². The molecule has 0 saturated heterocycles. The molecule has 0 fully saturated rings. The highest BCUT2D eigenvalue weighted by atomic mass is 32.1. The van der Waals surface area contributed by atoms with Crippen LogP contribution in [-0.2, 0) is 9.47 Å². The summed E-state index contributed by atoms with van der Waals surface area (Å²) in [5, 5.41) is 2.64. The van der Waals surface area contributed by atoms with E-state index >= 15 is 0 Å². The molecule has 69 valence electrons. The summed E-state index contributed by atoms with van der Waals surface area (Å²) in [7, 11) is 2.55. The van der Waals surface area contributed by atoms with E-state index in [2.05, 4.69) is 14.9 Å². The normalized spacial score (nSPS) is 9.38. The zero-order valence-electron chi connectivity index (χ0n) is 7.12. The Labute approximate surface area is 79.1 Å². The maximum Gasteiger partial charge on any atom is 0.348 e. The predicted octanol–water partition coefficient (Wildman–Crippen LogP) is 1.12. The fourth-order valence-electron chi connectivity index (χ4n) is 0.712. The van der Waals surface area contributed by atoms with Gasteiger partial charge in [0.05, 0.1) is 25.2 Å². The molecule has 0 amide bonds. The number of hydrogen-bond donors (Lipinski definition) is 0. The van der Waals surface area contributed by atoms with E-state index in [0.717, 1.165) is 11.3 Å². The summed E-state index contributed by atoms with van der Waals surface area (Å²) in [4.78, 5) is 22.2. The second-order valence-corrected chi connectivity index (χ2v) is 2.96. The Bertz CT molecular complexity index is 298. The van der Waals surface area contributed by atoms with Crippen molar-refractivity contribution in [1.29, 1.82) is 0 Å². The van der Waals surface area contributed by atoms with Crippen molar-refractivity contribution in [1.82, 2.24) is 0 Å². The predicted molar refractivity (Wildman–Crippen MR) is 45.8 cm³/mol. The van der Waals surface area contributed by atoms with Gasteiger partial charge in [-0.25, -0.2) is 9.59 Å². The van der Waals surface area contributed by atoms with Crippen LogP contribution >= 0.6 is 11.3 Å². The van der Waals surface area contributed by atoms with Gasteiger partial charge in [-0.1, -0.05) is 0 Å². The fourth-order valence-corrected chi connectivity index (χ4v) is 1.42. The topological polar surface area (TPSA) is 52.6 Å². The monoisotopic (exact) mass is 199 g/mol. The van der Waals surface area contributed by atoms with Crippen molar-refractivity contribution in [2.24, 2.45) is 0 Å². The molecule has 0 aliphatic rings. The Balaban J connectivity index is 2.86. The standard InChI is InChI=1S/C8H7O4S/c1-11-7(9)5-3-6(13-4-5)8(10)12-2/h3H,1-2H3. The zero-order valence-corrected chi connectivity index (χ0v) is 7.94. The van der Waals surface area contributed by atoms with Crippen LogP contribution < -0.4 is 0 Å². The van der Waals surface area contributed by atoms with Gasteiger partial charge in [0, 0.05) is 0 Å². The molecule has 0 unspecified atom stereocenters. The van der Waals surface area contributed by atoms with Crippen molar-refractivity contribution in [3.05, 3.63) is 21.9 Å². The molecule has 0 atom stereocenters. The first-order valence-corrected chi connectivity index (χ1v) is 4.19. The Morgan fingerprint density at radius 3 is 2.46 bits per heavy atom. The average Bonchev–Trinajstić information content (AvgIpc) is 2.64. The van der Waals surface area contributed by atoms with Crippen LogP contribution in [0.1, 0.15) is 20.0 Å².